The van der Waals surface area contributed by atoms with Crippen LogP contribution in [0.25, 0.3) is 0 Å². The summed E-state index contributed by atoms with van der Waals surface area (Å²) in [6.45, 7) is 10.6. The summed E-state index contributed by atoms with van der Waals surface area (Å²) in [7, 11) is 3.41. The second kappa shape index (κ2) is 14.8. The van der Waals surface area contributed by atoms with Crippen LogP contribution in [0.5, 0.6) is 11.5 Å². The minimum absolute atomic E-state index is 0. The Morgan fingerprint density at radius 2 is 1.78 bits per heavy atom. The SMILES string of the molecule is CCOC(CCNC(=NC)NCC(C)Oc1ccccc1OC)C(C)C.I. The fourth-order valence-corrected chi connectivity index (χ4v) is 2.59. The first-order chi connectivity index (χ1) is 12.5. The highest BCUT2D eigenvalue weighted by Crippen LogP contribution is 2.26. The predicted octanol–water partition coefficient (Wildman–Crippen LogP) is 3.70. The van der Waals surface area contributed by atoms with E-state index in [2.05, 4.69) is 29.5 Å². The predicted molar refractivity (Wildman–Crippen MR) is 123 cm³/mol. The summed E-state index contributed by atoms with van der Waals surface area (Å²) in [5.74, 6) is 2.74. The van der Waals surface area contributed by atoms with Gasteiger partial charge < -0.3 is 24.8 Å². The van der Waals surface area contributed by atoms with Crippen LogP contribution >= 0.6 is 24.0 Å². The Balaban J connectivity index is 0.00000676. The molecular weight excluding hydrogens is 457 g/mol. The number of para-hydroxylation sites is 2. The molecule has 0 aliphatic rings. The van der Waals surface area contributed by atoms with Crippen molar-refractivity contribution in [2.75, 3.05) is 33.9 Å². The molecule has 0 saturated carbocycles. The number of hydrogen-bond acceptors (Lipinski definition) is 4. The number of methoxy groups -OCH3 is 1. The highest BCUT2D eigenvalue weighted by Gasteiger charge is 2.13. The molecule has 27 heavy (non-hydrogen) atoms. The normalized spacial score (nSPS) is 13.5. The van der Waals surface area contributed by atoms with E-state index in [1.165, 1.54) is 0 Å². The van der Waals surface area contributed by atoms with E-state index in [4.69, 9.17) is 14.2 Å². The van der Waals surface area contributed by atoms with Gasteiger partial charge >= 0.3 is 0 Å². The summed E-state index contributed by atoms with van der Waals surface area (Å²) in [6, 6.07) is 7.65. The fourth-order valence-electron chi connectivity index (χ4n) is 2.59. The molecule has 0 bridgehead atoms. The molecule has 0 radical (unpaired) electrons. The molecule has 0 aliphatic carbocycles. The zero-order valence-electron chi connectivity index (χ0n) is 17.5. The quantitative estimate of drug-likeness (QED) is 0.280. The number of aliphatic imine (C=N–C) groups is 1. The molecule has 0 amide bonds. The van der Waals surface area contributed by atoms with E-state index in [1.807, 2.05) is 38.1 Å². The topological polar surface area (TPSA) is 64.1 Å². The summed E-state index contributed by atoms with van der Waals surface area (Å²) in [6.07, 6.45) is 1.18. The minimum atomic E-state index is -0.0308. The maximum atomic E-state index is 5.95. The fraction of sp³-hybridized carbons (Fsp3) is 0.650. The van der Waals surface area contributed by atoms with Gasteiger partial charge in [0.25, 0.3) is 0 Å². The molecule has 156 valence electrons. The van der Waals surface area contributed by atoms with Crippen molar-refractivity contribution in [3.63, 3.8) is 0 Å². The molecule has 0 heterocycles. The number of nitrogens with one attached hydrogen (secondary N) is 2. The number of hydrogen-bond donors (Lipinski definition) is 2. The second-order valence-corrected chi connectivity index (χ2v) is 6.49. The van der Waals surface area contributed by atoms with Crippen LogP contribution in [-0.2, 0) is 4.74 Å². The zero-order valence-corrected chi connectivity index (χ0v) is 19.8. The van der Waals surface area contributed by atoms with Crippen molar-refractivity contribution in [3.05, 3.63) is 24.3 Å². The molecule has 1 aromatic rings. The van der Waals surface area contributed by atoms with Crippen molar-refractivity contribution in [3.8, 4) is 11.5 Å². The van der Waals surface area contributed by atoms with Gasteiger partial charge in [-0.15, -0.1) is 24.0 Å². The van der Waals surface area contributed by atoms with Crippen LogP contribution in [0.2, 0.25) is 0 Å². The average molecular weight is 493 g/mol. The molecule has 0 fully saturated rings. The molecule has 0 aromatic heterocycles. The third-order valence-electron chi connectivity index (χ3n) is 4.02. The Morgan fingerprint density at radius 1 is 1.11 bits per heavy atom. The monoisotopic (exact) mass is 493 g/mol. The average Bonchev–Trinajstić information content (AvgIpc) is 2.63. The van der Waals surface area contributed by atoms with Gasteiger partial charge in [-0.05, 0) is 38.3 Å². The lowest BCUT2D eigenvalue weighted by molar-refractivity contribution is 0.0258. The smallest absolute Gasteiger partial charge is 0.191 e. The number of benzene rings is 1. The molecule has 2 N–H and O–H groups in total. The maximum absolute atomic E-state index is 5.95. The number of ether oxygens (including phenoxy) is 3. The Kier molecular flexibility index (Phi) is 14.1. The Labute approximate surface area is 181 Å². The number of rotatable bonds is 11. The molecule has 6 nitrogen and oxygen atoms in total. The van der Waals surface area contributed by atoms with Crippen molar-refractivity contribution >= 4 is 29.9 Å². The van der Waals surface area contributed by atoms with Gasteiger partial charge in [-0.2, -0.15) is 0 Å². The van der Waals surface area contributed by atoms with Gasteiger partial charge in [0.1, 0.15) is 6.10 Å². The molecule has 1 aromatic carbocycles. The largest absolute Gasteiger partial charge is 0.493 e. The van der Waals surface area contributed by atoms with E-state index in [9.17, 15) is 0 Å². The number of halogens is 1. The van der Waals surface area contributed by atoms with E-state index < -0.39 is 0 Å². The van der Waals surface area contributed by atoms with Crippen LogP contribution < -0.4 is 20.1 Å². The summed E-state index contributed by atoms with van der Waals surface area (Å²) in [5, 5.41) is 6.63. The molecule has 7 heteroatoms. The van der Waals surface area contributed by atoms with Crippen LogP contribution in [0.3, 0.4) is 0 Å². The van der Waals surface area contributed by atoms with E-state index in [1.54, 1.807) is 14.2 Å². The molecular formula is C20H36IN3O3. The Hall–Kier alpha value is -1.22. The lowest BCUT2D eigenvalue weighted by Crippen LogP contribution is -2.43. The van der Waals surface area contributed by atoms with E-state index in [-0.39, 0.29) is 36.2 Å². The standard InChI is InChI=1S/C20H35N3O3.HI/c1-7-25-17(15(2)3)12-13-22-20(21-5)23-14-16(4)26-19-11-9-8-10-18(19)24-6;/h8-11,15-17H,7,12-14H2,1-6H3,(H2,21,22,23);1H. The first kappa shape index (κ1) is 25.8. The highest BCUT2D eigenvalue weighted by molar-refractivity contribution is 14.0. The molecule has 2 unspecified atom stereocenters. The van der Waals surface area contributed by atoms with Gasteiger partial charge in [-0.25, -0.2) is 0 Å². The zero-order chi connectivity index (χ0) is 19.4. The minimum Gasteiger partial charge on any atom is -0.493 e. The third kappa shape index (κ3) is 10.0. The van der Waals surface area contributed by atoms with Gasteiger partial charge in [-0.1, -0.05) is 26.0 Å². The second-order valence-electron chi connectivity index (χ2n) is 6.49. The number of nitrogens with zero attached hydrogens (tertiary/aromatic N) is 1. The molecule has 0 saturated heterocycles. The van der Waals surface area contributed by atoms with Gasteiger partial charge in [0.15, 0.2) is 17.5 Å². The summed E-state index contributed by atoms with van der Waals surface area (Å²) in [4.78, 5) is 4.26. The first-order valence-corrected chi connectivity index (χ1v) is 9.37. The lowest BCUT2D eigenvalue weighted by atomic mass is 10.0. The van der Waals surface area contributed by atoms with Crippen molar-refractivity contribution in [1.29, 1.82) is 0 Å². The van der Waals surface area contributed by atoms with Crippen LogP contribution in [0.1, 0.15) is 34.1 Å². The van der Waals surface area contributed by atoms with Gasteiger partial charge in [0.05, 0.1) is 19.8 Å². The molecule has 0 aliphatic heterocycles. The van der Waals surface area contributed by atoms with Crippen LogP contribution in [0.15, 0.2) is 29.3 Å². The van der Waals surface area contributed by atoms with Crippen LogP contribution in [0.4, 0.5) is 0 Å². The van der Waals surface area contributed by atoms with E-state index in [0.29, 0.717) is 12.5 Å². The lowest BCUT2D eigenvalue weighted by Gasteiger charge is -2.22. The van der Waals surface area contributed by atoms with Gasteiger partial charge in [0, 0.05) is 20.2 Å². The van der Waals surface area contributed by atoms with Gasteiger partial charge in [-0.3, -0.25) is 4.99 Å². The maximum Gasteiger partial charge on any atom is 0.191 e. The number of guanidine groups is 1. The Morgan fingerprint density at radius 3 is 2.33 bits per heavy atom. The van der Waals surface area contributed by atoms with Crippen molar-refractivity contribution in [2.24, 2.45) is 10.9 Å². The third-order valence-corrected chi connectivity index (χ3v) is 4.02. The van der Waals surface area contributed by atoms with Gasteiger partial charge in [0.2, 0.25) is 0 Å². The van der Waals surface area contributed by atoms with E-state index >= 15 is 0 Å². The first-order valence-electron chi connectivity index (χ1n) is 9.37. The van der Waals surface area contributed by atoms with Crippen LogP contribution in [-0.4, -0.2) is 52.0 Å². The molecule has 1 rings (SSSR count). The molecule has 2 atom stereocenters. The Bertz CT molecular complexity index is 541. The molecule has 0 spiro atoms. The summed E-state index contributed by atoms with van der Waals surface area (Å²) >= 11 is 0. The van der Waals surface area contributed by atoms with E-state index in [0.717, 1.165) is 37.0 Å². The summed E-state index contributed by atoms with van der Waals surface area (Å²) in [5.41, 5.74) is 0. The van der Waals surface area contributed by atoms with Crippen molar-refractivity contribution < 1.29 is 14.2 Å². The summed E-state index contributed by atoms with van der Waals surface area (Å²) < 4.78 is 17.0. The van der Waals surface area contributed by atoms with Crippen LogP contribution in [0, 0.1) is 5.92 Å². The van der Waals surface area contributed by atoms with Crippen molar-refractivity contribution in [1.82, 2.24) is 10.6 Å². The van der Waals surface area contributed by atoms with Crippen molar-refractivity contribution in [2.45, 2.75) is 46.3 Å². The highest BCUT2D eigenvalue weighted by atomic mass is 127.